The summed E-state index contributed by atoms with van der Waals surface area (Å²) >= 11 is 8.54. The van der Waals surface area contributed by atoms with Crippen LogP contribution in [0.4, 0.5) is 0 Å². The van der Waals surface area contributed by atoms with Gasteiger partial charge in [-0.25, -0.2) is 8.42 Å². The second-order valence-corrected chi connectivity index (χ2v) is 14.7. The van der Waals surface area contributed by atoms with Crippen LogP contribution in [0.1, 0.15) is 0 Å². The number of rotatable bonds is 2. The molecule has 0 amide bonds. The standard InChI is InChI=1S/C7H5Br3O5S2/c8-7(9,10)16(11,12)5-2-1-3-6(4-5)17(13,14)15/h1-4H,(H,13,14,15). The van der Waals surface area contributed by atoms with E-state index in [4.69, 9.17) is 4.55 Å². The van der Waals surface area contributed by atoms with E-state index in [0.717, 1.165) is 12.1 Å². The highest BCUT2D eigenvalue weighted by Crippen LogP contribution is 2.43. The smallest absolute Gasteiger partial charge is 0.282 e. The van der Waals surface area contributed by atoms with Gasteiger partial charge in [-0.15, -0.1) is 0 Å². The number of halogens is 3. The van der Waals surface area contributed by atoms with Gasteiger partial charge in [0, 0.05) is 0 Å². The minimum absolute atomic E-state index is 0.266. The van der Waals surface area contributed by atoms with E-state index in [0.29, 0.717) is 0 Å². The van der Waals surface area contributed by atoms with Crippen molar-refractivity contribution in [3.8, 4) is 0 Å². The van der Waals surface area contributed by atoms with Crippen LogP contribution in [0.3, 0.4) is 0 Å². The van der Waals surface area contributed by atoms with Crippen molar-refractivity contribution in [2.24, 2.45) is 0 Å². The summed E-state index contributed by atoms with van der Waals surface area (Å²) in [6, 6.07) is 4.38. The van der Waals surface area contributed by atoms with Crippen LogP contribution in [-0.4, -0.2) is 22.9 Å². The highest BCUT2D eigenvalue weighted by molar-refractivity contribution is 9.42. The van der Waals surface area contributed by atoms with Gasteiger partial charge < -0.3 is 0 Å². The van der Waals surface area contributed by atoms with E-state index in [9.17, 15) is 16.8 Å². The lowest BCUT2D eigenvalue weighted by Gasteiger charge is -2.13. The number of alkyl halides is 3. The second-order valence-electron chi connectivity index (χ2n) is 2.90. The summed E-state index contributed by atoms with van der Waals surface area (Å²) < 4.78 is 52.8. The van der Waals surface area contributed by atoms with E-state index >= 15 is 0 Å². The largest absolute Gasteiger partial charge is 0.294 e. The monoisotopic (exact) mass is 470 g/mol. The number of sulfone groups is 1. The predicted octanol–water partition coefficient (Wildman–Crippen LogP) is 2.50. The van der Waals surface area contributed by atoms with Crippen molar-refractivity contribution in [1.29, 1.82) is 0 Å². The first kappa shape index (κ1) is 15.6. The fourth-order valence-electron chi connectivity index (χ4n) is 0.935. The zero-order valence-electron chi connectivity index (χ0n) is 7.84. The maximum Gasteiger partial charge on any atom is 0.294 e. The second kappa shape index (κ2) is 4.89. The van der Waals surface area contributed by atoms with Crippen molar-refractivity contribution in [2.75, 3.05) is 0 Å². The Bertz CT molecular complexity index is 630. The van der Waals surface area contributed by atoms with Crippen LogP contribution >= 0.6 is 47.8 Å². The molecule has 1 N–H and O–H groups in total. The van der Waals surface area contributed by atoms with Crippen molar-refractivity contribution in [2.45, 2.75) is 11.3 Å². The summed E-state index contributed by atoms with van der Waals surface area (Å²) in [7, 11) is -8.33. The minimum Gasteiger partial charge on any atom is -0.282 e. The Morgan fingerprint density at radius 2 is 1.47 bits per heavy atom. The van der Waals surface area contributed by atoms with Crippen LogP contribution in [0.5, 0.6) is 0 Å². The molecule has 0 aromatic heterocycles. The number of benzene rings is 1. The molecule has 10 heteroatoms. The van der Waals surface area contributed by atoms with Crippen LogP contribution < -0.4 is 0 Å². The number of hydrogen-bond donors (Lipinski definition) is 1. The Labute approximate surface area is 124 Å². The SMILES string of the molecule is O=S(=O)(O)c1cccc(S(=O)(=O)C(Br)(Br)Br)c1. The maximum absolute atomic E-state index is 11.9. The van der Waals surface area contributed by atoms with Crippen molar-refractivity contribution in [3.63, 3.8) is 0 Å². The molecule has 0 saturated heterocycles. The van der Waals surface area contributed by atoms with Gasteiger partial charge in [-0.1, -0.05) is 6.07 Å². The first-order valence-corrected chi connectivity index (χ1v) is 9.15. The Hall–Kier alpha value is 0.520. The summed E-state index contributed by atoms with van der Waals surface area (Å²) in [5.41, 5.74) is 0. The summed E-state index contributed by atoms with van der Waals surface area (Å²) in [5.74, 6) is 0. The molecule has 0 aliphatic rings. The molecule has 0 unspecified atom stereocenters. The first-order chi connectivity index (χ1) is 7.46. The van der Waals surface area contributed by atoms with Crippen LogP contribution in [0.25, 0.3) is 0 Å². The average molecular weight is 473 g/mol. The molecule has 0 radical (unpaired) electrons. The summed E-state index contributed by atoms with van der Waals surface area (Å²) in [4.78, 5) is -0.756. The highest BCUT2D eigenvalue weighted by Gasteiger charge is 2.37. The molecule has 17 heavy (non-hydrogen) atoms. The molecular formula is C7H5Br3O5S2. The Balaban J connectivity index is 3.47. The Kier molecular flexibility index (Phi) is 4.48. The molecule has 96 valence electrons. The number of hydrogen-bond acceptors (Lipinski definition) is 4. The van der Waals surface area contributed by atoms with Gasteiger partial charge in [0.2, 0.25) is 11.3 Å². The molecule has 1 aromatic rings. The van der Waals surface area contributed by atoms with Crippen molar-refractivity contribution in [1.82, 2.24) is 0 Å². The normalized spacial score (nSPS) is 13.6. The summed E-state index contributed by atoms with van der Waals surface area (Å²) in [6.45, 7) is 0. The van der Waals surface area contributed by atoms with Crippen molar-refractivity contribution in [3.05, 3.63) is 24.3 Å². The van der Waals surface area contributed by atoms with Gasteiger partial charge >= 0.3 is 0 Å². The molecule has 1 rings (SSSR count). The zero-order valence-corrected chi connectivity index (χ0v) is 14.2. The minimum atomic E-state index is -4.44. The summed E-state index contributed by atoms with van der Waals surface area (Å²) in [6.07, 6.45) is 0. The van der Waals surface area contributed by atoms with Crippen LogP contribution in [0.2, 0.25) is 0 Å². The summed E-state index contributed by atoms with van der Waals surface area (Å²) in [5, 5.41) is 0. The third-order valence-electron chi connectivity index (χ3n) is 1.72. The van der Waals surface area contributed by atoms with Crippen molar-refractivity contribution >= 4 is 67.7 Å². The van der Waals surface area contributed by atoms with Crippen LogP contribution in [0.15, 0.2) is 34.1 Å². The molecule has 0 fully saturated rings. The van der Waals surface area contributed by atoms with Crippen molar-refractivity contribution < 1.29 is 21.4 Å². The third-order valence-corrected chi connectivity index (χ3v) is 7.89. The first-order valence-electron chi connectivity index (χ1n) is 3.85. The van der Waals surface area contributed by atoms with E-state index in [-0.39, 0.29) is 4.90 Å². The average Bonchev–Trinajstić information content (AvgIpc) is 2.15. The fraction of sp³-hybridized carbons (Fsp3) is 0.143. The quantitative estimate of drug-likeness (QED) is 0.527. The molecular weight excluding hydrogens is 468 g/mol. The molecule has 0 heterocycles. The van der Waals surface area contributed by atoms with Crippen LogP contribution in [0, 0.1) is 0 Å². The highest BCUT2D eigenvalue weighted by atomic mass is 80.0. The lowest BCUT2D eigenvalue weighted by Crippen LogP contribution is -2.18. The van der Waals surface area contributed by atoms with E-state index in [1.165, 1.54) is 12.1 Å². The molecule has 0 spiro atoms. The van der Waals surface area contributed by atoms with E-state index in [1.54, 1.807) is 0 Å². The van der Waals surface area contributed by atoms with Gasteiger partial charge in [-0.05, 0) is 66.0 Å². The molecule has 0 saturated carbocycles. The van der Waals surface area contributed by atoms with Gasteiger partial charge in [0.1, 0.15) is 0 Å². The van der Waals surface area contributed by atoms with Crippen LogP contribution in [-0.2, 0) is 20.0 Å². The third kappa shape index (κ3) is 3.51. The van der Waals surface area contributed by atoms with Gasteiger partial charge in [0.05, 0.1) is 9.79 Å². The molecule has 0 atom stereocenters. The van der Waals surface area contributed by atoms with Gasteiger partial charge in [-0.2, -0.15) is 8.42 Å². The fourth-order valence-corrected chi connectivity index (χ4v) is 4.03. The van der Waals surface area contributed by atoms with E-state index in [1.807, 2.05) is 0 Å². The van der Waals surface area contributed by atoms with Gasteiger partial charge in [-0.3, -0.25) is 4.55 Å². The topological polar surface area (TPSA) is 88.5 Å². The maximum atomic E-state index is 11.9. The zero-order chi connectivity index (χ0) is 13.5. The lowest BCUT2D eigenvalue weighted by molar-refractivity contribution is 0.483. The lowest BCUT2D eigenvalue weighted by atomic mass is 10.4. The Morgan fingerprint density at radius 3 is 1.88 bits per heavy atom. The van der Waals surface area contributed by atoms with E-state index < -0.39 is 26.3 Å². The van der Waals surface area contributed by atoms with Gasteiger partial charge in [0.15, 0.2) is 0 Å². The molecule has 0 bridgehead atoms. The molecule has 1 aromatic carbocycles. The molecule has 5 nitrogen and oxygen atoms in total. The molecule has 0 aliphatic heterocycles. The van der Waals surface area contributed by atoms with E-state index in [2.05, 4.69) is 47.8 Å². The Morgan fingerprint density at radius 1 is 1.00 bits per heavy atom. The molecule has 0 aliphatic carbocycles. The van der Waals surface area contributed by atoms with Gasteiger partial charge in [0.25, 0.3) is 10.1 Å². The predicted molar refractivity (Wildman–Crippen MR) is 73.0 cm³/mol.